The second kappa shape index (κ2) is 11.1. The number of carbonyl (C=O) groups excluding carboxylic acids is 2. The molecule has 0 unspecified atom stereocenters. The molecule has 3 aromatic rings. The van der Waals surface area contributed by atoms with Crippen molar-refractivity contribution >= 4 is 54.2 Å². The van der Waals surface area contributed by atoms with E-state index in [4.69, 9.17) is 0 Å². The maximum atomic E-state index is 14.0. The summed E-state index contributed by atoms with van der Waals surface area (Å²) in [6.07, 6.45) is 0. The van der Waals surface area contributed by atoms with E-state index in [0.717, 1.165) is 0 Å². The zero-order valence-electron chi connectivity index (χ0n) is 23.8. The summed E-state index contributed by atoms with van der Waals surface area (Å²) in [5.41, 5.74) is 2.80. The van der Waals surface area contributed by atoms with E-state index >= 15 is 0 Å². The van der Waals surface area contributed by atoms with E-state index in [-0.39, 0.29) is 50.9 Å². The van der Waals surface area contributed by atoms with Gasteiger partial charge >= 0.3 is 0 Å². The number of anilines is 4. The van der Waals surface area contributed by atoms with E-state index < -0.39 is 18.1 Å². The molecule has 0 aliphatic carbocycles. The molecule has 214 valence electrons. The number of nitro benzene ring substituents is 2. The molecule has 0 saturated carbocycles. The number of rotatable bonds is 10. The smallest absolute Gasteiger partial charge is 0.269 e. The van der Waals surface area contributed by atoms with Crippen LogP contribution in [0, 0.1) is 20.2 Å². The van der Waals surface area contributed by atoms with E-state index in [9.17, 15) is 29.8 Å². The van der Waals surface area contributed by atoms with Gasteiger partial charge in [0.05, 0.1) is 32.3 Å². The van der Waals surface area contributed by atoms with Gasteiger partial charge in [-0.2, -0.15) is 0 Å². The van der Waals surface area contributed by atoms with Crippen LogP contribution in [0.15, 0.2) is 60.7 Å². The van der Waals surface area contributed by atoms with Crippen molar-refractivity contribution in [2.75, 3.05) is 10.6 Å². The van der Waals surface area contributed by atoms with E-state index in [1.807, 2.05) is 0 Å². The number of imide groups is 1. The number of nitrogens with zero attached hydrogens (tertiary/aromatic N) is 3. The van der Waals surface area contributed by atoms with Crippen LogP contribution >= 0.6 is 0 Å². The molecule has 0 bridgehead atoms. The van der Waals surface area contributed by atoms with Gasteiger partial charge in [-0.15, -0.1) is 0 Å². The van der Waals surface area contributed by atoms with Crippen LogP contribution in [-0.4, -0.2) is 34.5 Å². The summed E-state index contributed by atoms with van der Waals surface area (Å²) in [7, 11) is -2.67. The first-order valence-corrected chi connectivity index (χ1v) is 15.6. The highest BCUT2D eigenvalue weighted by molar-refractivity contribution is 6.85. The van der Waals surface area contributed by atoms with Crippen molar-refractivity contribution in [2.45, 2.75) is 58.2 Å². The topological polar surface area (TPSA) is 148 Å². The molecule has 0 aromatic heterocycles. The average Bonchev–Trinajstić information content (AvgIpc) is 3.14. The molecular formula is C29H33N5O6Si. The lowest BCUT2D eigenvalue weighted by atomic mass is 10.1. The molecule has 2 N–H and O–H groups in total. The molecular weight excluding hydrogens is 542 g/mol. The van der Waals surface area contributed by atoms with Crippen LogP contribution in [0.1, 0.15) is 62.3 Å². The Morgan fingerprint density at radius 1 is 0.634 bits per heavy atom. The lowest BCUT2D eigenvalue weighted by Crippen LogP contribution is -2.62. The van der Waals surface area contributed by atoms with Crippen molar-refractivity contribution in [3.05, 3.63) is 92.0 Å². The Morgan fingerprint density at radius 2 is 0.951 bits per heavy atom. The quantitative estimate of drug-likeness (QED) is 0.108. The Hall–Kier alpha value is -4.58. The minimum atomic E-state index is -2.67. The molecule has 0 spiro atoms. The van der Waals surface area contributed by atoms with E-state index in [0.29, 0.717) is 22.7 Å². The molecule has 4 rings (SSSR count). The molecule has 12 heteroatoms. The summed E-state index contributed by atoms with van der Waals surface area (Å²) in [5.74, 6) is -0.636. The number of nitro groups is 2. The maximum Gasteiger partial charge on any atom is 0.269 e. The standard InChI is InChI=1S/C29H33N5O6Si/c1-17(2)41(18(3)4,19(5)6)32-28(35)24-15-26(30-20-7-11-22(12-8-20)33(37)38)27(16-25(24)29(32)36)31-21-9-13-23(14-10-21)34(39)40/h7-19,30-31H,1-6H3. The lowest BCUT2D eigenvalue weighted by Gasteiger charge is -2.48. The Bertz CT molecular complexity index is 1400. The van der Waals surface area contributed by atoms with Gasteiger partial charge in [-0.3, -0.25) is 29.8 Å². The second-order valence-corrected chi connectivity index (χ2v) is 16.8. The number of benzene rings is 3. The Morgan fingerprint density at radius 3 is 1.22 bits per heavy atom. The number of hydrogen-bond donors (Lipinski definition) is 2. The highest BCUT2D eigenvalue weighted by Crippen LogP contribution is 2.48. The molecule has 1 heterocycles. The predicted molar refractivity (Wildman–Crippen MR) is 161 cm³/mol. The fourth-order valence-corrected chi connectivity index (χ4v) is 12.8. The van der Waals surface area contributed by atoms with Crippen molar-refractivity contribution in [2.24, 2.45) is 0 Å². The summed E-state index contributed by atoms with van der Waals surface area (Å²) in [6.45, 7) is 12.5. The summed E-state index contributed by atoms with van der Waals surface area (Å²) >= 11 is 0. The van der Waals surface area contributed by atoms with Crippen LogP contribution in [0.5, 0.6) is 0 Å². The van der Waals surface area contributed by atoms with Gasteiger partial charge in [-0.1, -0.05) is 41.5 Å². The largest absolute Gasteiger partial charge is 0.354 e. The Labute approximate surface area is 239 Å². The summed E-state index contributed by atoms with van der Waals surface area (Å²) in [4.78, 5) is 49.3. The van der Waals surface area contributed by atoms with Gasteiger partial charge in [-0.25, -0.2) is 0 Å². The van der Waals surface area contributed by atoms with Crippen LogP contribution in [0.25, 0.3) is 0 Å². The molecule has 0 saturated heterocycles. The SMILES string of the molecule is CC(C)[Si](C(C)C)(C(C)C)N1C(=O)c2cc(Nc3ccc([N+](=O)[O-])cc3)c(Nc3ccc([N+](=O)[O-])cc3)cc2C1=O. The normalized spacial score (nSPS) is 13.2. The number of fused-ring (bicyclic) bond motifs is 1. The highest BCUT2D eigenvalue weighted by atomic mass is 28.3. The van der Waals surface area contributed by atoms with Gasteiger partial charge < -0.3 is 15.2 Å². The molecule has 0 fully saturated rings. The number of non-ortho nitro benzene ring substituents is 2. The Kier molecular flexibility index (Phi) is 7.98. The molecule has 41 heavy (non-hydrogen) atoms. The molecule has 2 amide bonds. The third kappa shape index (κ3) is 5.18. The van der Waals surface area contributed by atoms with E-state index in [2.05, 4.69) is 52.2 Å². The molecule has 1 aliphatic heterocycles. The first-order valence-electron chi connectivity index (χ1n) is 13.4. The second-order valence-electron chi connectivity index (χ2n) is 11.1. The molecule has 3 aromatic carbocycles. The van der Waals surface area contributed by atoms with Crippen LogP contribution in [0.3, 0.4) is 0 Å². The third-order valence-electron chi connectivity index (χ3n) is 7.90. The maximum absolute atomic E-state index is 14.0. The third-order valence-corrected chi connectivity index (χ3v) is 14.6. The van der Waals surface area contributed by atoms with Gasteiger partial charge in [-0.05, 0) is 53.0 Å². The van der Waals surface area contributed by atoms with Gasteiger partial charge in [0.15, 0.2) is 8.24 Å². The molecule has 1 aliphatic rings. The van der Waals surface area contributed by atoms with Gasteiger partial charge in [0.2, 0.25) is 0 Å². The van der Waals surface area contributed by atoms with Gasteiger partial charge in [0.1, 0.15) is 0 Å². The average molecular weight is 576 g/mol. The van der Waals surface area contributed by atoms with E-state index in [1.165, 1.54) is 24.3 Å². The fraction of sp³-hybridized carbons (Fsp3) is 0.310. The lowest BCUT2D eigenvalue weighted by molar-refractivity contribution is -0.385. The summed E-state index contributed by atoms with van der Waals surface area (Å²) in [5, 5.41) is 28.6. The van der Waals surface area contributed by atoms with Crippen molar-refractivity contribution in [1.29, 1.82) is 0 Å². The van der Waals surface area contributed by atoms with Gasteiger partial charge in [0, 0.05) is 35.6 Å². The zero-order valence-corrected chi connectivity index (χ0v) is 24.8. The minimum Gasteiger partial charge on any atom is -0.354 e. The van der Waals surface area contributed by atoms with E-state index in [1.54, 1.807) is 41.0 Å². The van der Waals surface area contributed by atoms with Crippen molar-refractivity contribution in [3.8, 4) is 0 Å². The minimum absolute atomic E-state index is 0.0671. The van der Waals surface area contributed by atoms with Gasteiger partial charge in [0.25, 0.3) is 23.2 Å². The monoisotopic (exact) mass is 575 g/mol. The fourth-order valence-electron chi connectivity index (χ4n) is 6.26. The van der Waals surface area contributed by atoms with Crippen LogP contribution in [-0.2, 0) is 0 Å². The van der Waals surface area contributed by atoms with Crippen molar-refractivity contribution in [1.82, 2.24) is 4.57 Å². The first kappa shape index (κ1) is 29.4. The summed E-state index contributed by atoms with van der Waals surface area (Å²) < 4.78 is 1.56. The van der Waals surface area contributed by atoms with Crippen molar-refractivity contribution in [3.63, 3.8) is 0 Å². The predicted octanol–water partition coefficient (Wildman–Crippen LogP) is 7.76. The van der Waals surface area contributed by atoms with Crippen LogP contribution in [0.4, 0.5) is 34.1 Å². The number of amides is 2. The first-order chi connectivity index (χ1) is 19.3. The van der Waals surface area contributed by atoms with Crippen LogP contribution in [0.2, 0.25) is 16.6 Å². The summed E-state index contributed by atoms with van der Waals surface area (Å²) in [6, 6.07) is 14.9. The number of carbonyl (C=O) groups is 2. The molecule has 0 radical (unpaired) electrons. The highest BCUT2D eigenvalue weighted by Gasteiger charge is 2.56. The Balaban J connectivity index is 1.83. The molecule has 0 atom stereocenters. The number of hydrogen-bond acceptors (Lipinski definition) is 8. The van der Waals surface area contributed by atoms with Crippen LogP contribution < -0.4 is 10.6 Å². The zero-order chi connectivity index (χ0) is 30.2. The molecule has 11 nitrogen and oxygen atoms in total. The number of nitrogens with one attached hydrogen (secondary N) is 2. The van der Waals surface area contributed by atoms with Crippen molar-refractivity contribution < 1.29 is 19.4 Å².